The maximum atomic E-state index is 12.6. The number of carbonyl (C=O) groups excluding carboxylic acids is 1. The van der Waals surface area contributed by atoms with Crippen LogP contribution in [0.2, 0.25) is 0 Å². The molecular weight excluding hydrogens is 416 g/mol. The van der Waals surface area contributed by atoms with Gasteiger partial charge in [0.05, 0.1) is 28.4 Å². The van der Waals surface area contributed by atoms with Crippen LogP contribution in [0, 0.1) is 12.3 Å². The van der Waals surface area contributed by atoms with E-state index in [4.69, 9.17) is 6.42 Å². The molecule has 0 aliphatic carbocycles. The summed E-state index contributed by atoms with van der Waals surface area (Å²) in [5.74, 6) is 2.92. The Morgan fingerprint density at radius 3 is 2.77 bits per heavy atom. The van der Waals surface area contributed by atoms with Crippen molar-refractivity contribution >= 4 is 44.7 Å². The van der Waals surface area contributed by atoms with Crippen LogP contribution in [0.5, 0.6) is 0 Å². The number of benzene rings is 2. The molecule has 1 unspecified atom stereocenters. The van der Waals surface area contributed by atoms with Crippen LogP contribution in [-0.4, -0.2) is 34.8 Å². The van der Waals surface area contributed by atoms with E-state index in [1.807, 2.05) is 41.9 Å². The minimum absolute atomic E-state index is 0.226. The number of rotatable bonds is 5. The number of nitrogens with zero attached hydrogens (tertiary/aromatic N) is 3. The highest BCUT2D eigenvalue weighted by molar-refractivity contribution is 7.17. The van der Waals surface area contributed by atoms with Gasteiger partial charge in [-0.3, -0.25) is 4.90 Å². The number of thiazole rings is 2. The minimum atomic E-state index is -0.543. The molecule has 0 aliphatic heterocycles. The van der Waals surface area contributed by atoms with Gasteiger partial charge >= 0.3 is 6.03 Å². The number of aliphatic hydroxyl groups excluding tert-OH is 1. The lowest BCUT2D eigenvalue weighted by molar-refractivity contribution is 0.222. The molecule has 0 saturated carbocycles. The fourth-order valence-electron chi connectivity index (χ4n) is 3.08. The number of hydrogen-bond acceptors (Lipinski definition) is 6. The Morgan fingerprint density at radius 1 is 1.27 bits per heavy atom. The fourth-order valence-corrected chi connectivity index (χ4v) is 4.55. The predicted octanol–water partition coefficient (Wildman–Crippen LogP) is 4.28. The molecule has 30 heavy (non-hydrogen) atoms. The van der Waals surface area contributed by atoms with Crippen molar-refractivity contribution in [2.75, 3.05) is 18.6 Å². The summed E-state index contributed by atoms with van der Waals surface area (Å²) in [5, 5.41) is 14.9. The Kier molecular flexibility index (Phi) is 5.77. The Morgan fingerprint density at radius 2 is 2.07 bits per heavy atom. The van der Waals surface area contributed by atoms with E-state index in [9.17, 15) is 9.90 Å². The molecule has 0 bridgehead atoms. The largest absolute Gasteiger partial charge is 0.394 e. The molecular formula is C22H18N4O2S2. The van der Waals surface area contributed by atoms with Gasteiger partial charge in [0, 0.05) is 18.0 Å². The van der Waals surface area contributed by atoms with E-state index in [-0.39, 0.29) is 12.6 Å². The third-order valence-electron chi connectivity index (χ3n) is 4.72. The van der Waals surface area contributed by atoms with Crippen LogP contribution in [0.25, 0.3) is 21.3 Å². The van der Waals surface area contributed by atoms with Gasteiger partial charge in [-0.05, 0) is 23.1 Å². The first kappa shape index (κ1) is 20.0. The van der Waals surface area contributed by atoms with E-state index in [0.29, 0.717) is 10.8 Å². The van der Waals surface area contributed by atoms with Crippen molar-refractivity contribution in [3.05, 3.63) is 63.9 Å². The molecule has 2 aromatic carbocycles. The van der Waals surface area contributed by atoms with Crippen LogP contribution < -0.4 is 10.2 Å². The number of fused-ring (bicyclic) bond motifs is 1. The molecule has 0 saturated heterocycles. The zero-order valence-corrected chi connectivity index (χ0v) is 17.7. The van der Waals surface area contributed by atoms with Crippen LogP contribution in [-0.2, 0) is 0 Å². The lowest BCUT2D eigenvalue weighted by Gasteiger charge is -2.21. The Labute approximate surface area is 181 Å². The first-order valence-electron chi connectivity index (χ1n) is 9.10. The number of terminal acetylenes is 1. The van der Waals surface area contributed by atoms with E-state index in [1.54, 1.807) is 23.8 Å². The molecule has 8 heteroatoms. The molecule has 0 aliphatic rings. The predicted molar refractivity (Wildman–Crippen MR) is 122 cm³/mol. The summed E-state index contributed by atoms with van der Waals surface area (Å²) in [5.41, 5.74) is 5.78. The fraction of sp³-hybridized carbons (Fsp3) is 0.136. The van der Waals surface area contributed by atoms with Gasteiger partial charge in [0.2, 0.25) is 0 Å². The molecule has 6 nitrogen and oxygen atoms in total. The Hall–Kier alpha value is -3.25. The summed E-state index contributed by atoms with van der Waals surface area (Å²) in [6, 6.07) is 12.9. The number of aliphatic hydroxyl groups is 1. The van der Waals surface area contributed by atoms with Crippen LogP contribution in [0.3, 0.4) is 0 Å². The van der Waals surface area contributed by atoms with Crippen LogP contribution in [0.4, 0.5) is 10.6 Å². The monoisotopic (exact) mass is 434 g/mol. The van der Waals surface area contributed by atoms with Gasteiger partial charge in [-0.25, -0.2) is 14.8 Å². The number of nitrogens with one attached hydrogen (secondary N) is 1. The van der Waals surface area contributed by atoms with Gasteiger partial charge < -0.3 is 10.4 Å². The van der Waals surface area contributed by atoms with Crippen molar-refractivity contribution in [1.29, 1.82) is 0 Å². The average Bonchev–Trinajstić information content (AvgIpc) is 3.46. The summed E-state index contributed by atoms with van der Waals surface area (Å²) in [7, 11) is 1.61. The van der Waals surface area contributed by atoms with Crippen molar-refractivity contribution in [1.82, 2.24) is 15.3 Å². The van der Waals surface area contributed by atoms with Crippen LogP contribution in [0.1, 0.15) is 16.6 Å². The molecule has 2 aromatic heterocycles. The third-order valence-corrected chi connectivity index (χ3v) is 6.36. The van der Waals surface area contributed by atoms with Crippen molar-refractivity contribution in [2.45, 2.75) is 6.04 Å². The Balaban J connectivity index is 1.51. The molecule has 1 atom stereocenters. The molecule has 2 heterocycles. The maximum absolute atomic E-state index is 12.6. The van der Waals surface area contributed by atoms with Crippen LogP contribution in [0.15, 0.2) is 53.4 Å². The number of hydrogen-bond donors (Lipinski definition) is 2. The number of carbonyl (C=O) groups is 1. The Bertz CT molecular complexity index is 1220. The summed E-state index contributed by atoms with van der Waals surface area (Å²) < 4.78 is 1.13. The normalized spacial score (nSPS) is 11.8. The molecule has 0 radical (unpaired) electrons. The molecule has 150 valence electrons. The van der Waals surface area contributed by atoms with Crippen molar-refractivity contribution in [3.8, 4) is 23.5 Å². The van der Waals surface area contributed by atoms with Gasteiger partial charge in [-0.15, -0.1) is 29.1 Å². The third kappa shape index (κ3) is 3.91. The smallest absolute Gasteiger partial charge is 0.323 e. The number of aromatic nitrogens is 2. The van der Waals surface area contributed by atoms with E-state index in [1.165, 1.54) is 16.2 Å². The highest BCUT2D eigenvalue weighted by Crippen LogP contribution is 2.31. The highest BCUT2D eigenvalue weighted by Gasteiger charge is 2.19. The lowest BCUT2D eigenvalue weighted by Crippen LogP contribution is -2.40. The number of amides is 2. The van der Waals surface area contributed by atoms with E-state index >= 15 is 0 Å². The highest BCUT2D eigenvalue weighted by atomic mass is 32.1. The SMILES string of the molecule is C#Cc1nc(N(C)C(=O)NC(CO)c2ccc(-c3cccc4ncsc34)cc2)cs1. The summed E-state index contributed by atoms with van der Waals surface area (Å²) in [6.45, 7) is -0.226. The second-order valence-corrected chi connectivity index (χ2v) is 8.24. The van der Waals surface area contributed by atoms with E-state index in [0.717, 1.165) is 26.9 Å². The van der Waals surface area contributed by atoms with Gasteiger partial charge in [-0.2, -0.15) is 0 Å². The van der Waals surface area contributed by atoms with Crippen molar-refractivity contribution < 1.29 is 9.90 Å². The van der Waals surface area contributed by atoms with Crippen LogP contribution >= 0.6 is 22.7 Å². The van der Waals surface area contributed by atoms with E-state index in [2.05, 4.69) is 27.3 Å². The first-order valence-corrected chi connectivity index (χ1v) is 10.9. The lowest BCUT2D eigenvalue weighted by atomic mass is 10.0. The standard InChI is InChI=1S/C22H18N4O2S2/c1-3-20-25-19(12-29-20)26(2)22(28)24-18(11-27)15-9-7-14(8-10-15)16-5-4-6-17-21(16)30-13-23-17/h1,4-10,12-13,18,27H,11H2,2H3,(H,24,28). The summed E-state index contributed by atoms with van der Waals surface area (Å²) in [4.78, 5) is 22.5. The topological polar surface area (TPSA) is 78.4 Å². The molecule has 2 N–H and O–H groups in total. The molecule has 2 amide bonds. The minimum Gasteiger partial charge on any atom is -0.394 e. The maximum Gasteiger partial charge on any atom is 0.323 e. The molecule has 0 spiro atoms. The molecule has 0 fully saturated rings. The van der Waals surface area contributed by atoms with E-state index < -0.39 is 6.04 Å². The summed E-state index contributed by atoms with van der Waals surface area (Å²) in [6.07, 6.45) is 5.34. The number of anilines is 1. The van der Waals surface area contributed by atoms with Crippen molar-refractivity contribution in [3.63, 3.8) is 0 Å². The van der Waals surface area contributed by atoms with Gasteiger partial charge in [0.25, 0.3) is 0 Å². The zero-order valence-electron chi connectivity index (χ0n) is 16.1. The molecule has 4 aromatic rings. The average molecular weight is 435 g/mol. The second-order valence-electron chi connectivity index (χ2n) is 6.53. The van der Waals surface area contributed by atoms with Gasteiger partial charge in [0.1, 0.15) is 5.82 Å². The first-order chi connectivity index (χ1) is 14.6. The summed E-state index contributed by atoms with van der Waals surface area (Å²) >= 11 is 2.90. The van der Waals surface area contributed by atoms with Gasteiger partial charge in [0.15, 0.2) is 5.01 Å². The second kappa shape index (κ2) is 8.63. The molecule has 4 rings (SSSR count). The van der Waals surface area contributed by atoms with Crippen molar-refractivity contribution in [2.24, 2.45) is 0 Å². The quantitative estimate of drug-likeness (QED) is 0.460. The van der Waals surface area contributed by atoms with Gasteiger partial charge in [-0.1, -0.05) is 36.4 Å². The number of urea groups is 1. The zero-order chi connectivity index (χ0) is 21.1.